The second kappa shape index (κ2) is 6.67. The summed E-state index contributed by atoms with van der Waals surface area (Å²) in [5, 5.41) is 11.8. The van der Waals surface area contributed by atoms with Crippen LogP contribution in [0.2, 0.25) is 0 Å². The molecule has 0 bridgehead atoms. The third-order valence-corrected chi connectivity index (χ3v) is 4.13. The number of hydrogen-bond acceptors (Lipinski definition) is 4. The van der Waals surface area contributed by atoms with Crippen molar-refractivity contribution in [3.8, 4) is 5.75 Å². The van der Waals surface area contributed by atoms with Gasteiger partial charge in [0, 0.05) is 25.2 Å². The normalized spacial score (nSPS) is 24.6. The number of nitrogens with zero attached hydrogens (tertiary/aromatic N) is 1. The Bertz CT molecular complexity index is 511. The average Bonchev–Trinajstić information content (AvgIpc) is 3.42. The summed E-state index contributed by atoms with van der Waals surface area (Å²) in [7, 11) is 0. The molecular formula is C17H24N2O3. The van der Waals surface area contributed by atoms with Crippen LogP contribution in [0.1, 0.15) is 30.1 Å². The Balaban J connectivity index is 1.40. The maximum Gasteiger partial charge on any atom is 0.251 e. The van der Waals surface area contributed by atoms with Crippen LogP contribution in [0.5, 0.6) is 5.75 Å². The largest absolute Gasteiger partial charge is 0.492 e. The van der Waals surface area contributed by atoms with Crippen LogP contribution < -0.4 is 10.1 Å². The molecule has 5 nitrogen and oxygen atoms in total. The molecule has 2 fully saturated rings. The molecule has 1 saturated heterocycles. The molecule has 1 aliphatic heterocycles. The Labute approximate surface area is 131 Å². The van der Waals surface area contributed by atoms with E-state index in [2.05, 4.69) is 10.2 Å². The summed E-state index contributed by atoms with van der Waals surface area (Å²) < 4.78 is 5.78. The number of benzene rings is 1. The smallest absolute Gasteiger partial charge is 0.251 e. The summed E-state index contributed by atoms with van der Waals surface area (Å²) in [5.41, 5.74) is 0.579. The number of rotatable bonds is 8. The van der Waals surface area contributed by atoms with Gasteiger partial charge in [-0.05, 0) is 49.9 Å². The lowest BCUT2D eigenvalue weighted by atomic mass is 10.2. The standard InChI is InChI=1S/C17H24N2O3/c1-12(20)8-18-17(21)14-4-6-16(7-5-14)22-11-15-10-19(15)9-13-2-3-13/h4-7,12-13,15,20H,2-3,8-11H2,1H3,(H,18,21)/t12-,15?,19?/m0/s1. The minimum Gasteiger partial charge on any atom is -0.492 e. The van der Waals surface area contributed by atoms with Crippen LogP contribution in [0.25, 0.3) is 0 Å². The van der Waals surface area contributed by atoms with Crippen LogP contribution >= 0.6 is 0 Å². The highest BCUT2D eigenvalue weighted by Crippen LogP contribution is 2.33. The Hall–Kier alpha value is -1.59. The number of nitrogens with one attached hydrogen (secondary N) is 1. The van der Waals surface area contributed by atoms with Crippen molar-refractivity contribution in [2.75, 3.05) is 26.2 Å². The van der Waals surface area contributed by atoms with E-state index in [1.165, 1.54) is 19.4 Å². The highest BCUT2D eigenvalue weighted by atomic mass is 16.5. The lowest BCUT2D eigenvalue weighted by molar-refractivity contribution is 0.0924. The first-order valence-electron chi connectivity index (χ1n) is 8.05. The van der Waals surface area contributed by atoms with Gasteiger partial charge in [-0.1, -0.05) is 0 Å². The maximum atomic E-state index is 11.8. The van der Waals surface area contributed by atoms with Crippen molar-refractivity contribution >= 4 is 5.91 Å². The molecule has 2 N–H and O–H groups in total. The molecule has 1 aliphatic carbocycles. The number of carbonyl (C=O) groups is 1. The number of aliphatic hydroxyl groups excluding tert-OH is 1. The lowest BCUT2D eigenvalue weighted by Gasteiger charge is -2.09. The summed E-state index contributed by atoms with van der Waals surface area (Å²) in [6.07, 6.45) is 2.24. The van der Waals surface area contributed by atoms with Crippen molar-refractivity contribution in [2.45, 2.75) is 31.9 Å². The Kier molecular flexibility index (Phi) is 4.64. The van der Waals surface area contributed by atoms with E-state index in [4.69, 9.17) is 9.84 Å². The fraction of sp³-hybridized carbons (Fsp3) is 0.588. The van der Waals surface area contributed by atoms with Crippen LogP contribution in [0.15, 0.2) is 24.3 Å². The van der Waals surface area contributed by atoms with Gasteiger partial charge in [-0.2, -0.15) is 0 Å². The molecule has 3 rings (SSSR count). The van der Waals surface area contributed by atoms with Crippen molar-refractivity contribution in [3.05, 3.63) is 29.8 Å². The van der Waals surface area contributed by atoms with Crippen LogP contribution in [0.3, 0.4) is 0 Å². The van der Waals surface area contributed by atoms with Gasteiger partial charge in [0.25, 0.3) is 5.91 Å². The molecule has 0 radical (unpaired) electrons. The van der Waals surface area contributed by atoms with Gasteiger partial charge in [0.05, 0.1) is 12.1 Å². The van der Waals surface area contributed by atoms with E-state index in [0.29, 0.717) is 11.6 Å². The third-order valence-electron chi connectivity index (χ3n) is 4.13. The van der Waals surface area contributed by atoms with Crippen LogP contribution in [-0.4, -0.2) is 54.3 Å². The summed E-state index contributed by atoms with van der Waals surface area (Å²) in [4.78, 5) is 14.3. The third kappa shape index (κ3) is 4.45. The van der Waals surface area contributed by atoms with E-state index < -0.39 is 6.10 Å². The van der Waals surface area contributed by atoms with E-state index in [-0.39, 0.29) is 12.5 Å². The number of aliphatic hydroxyl groups is 1. The topological polar surface area (TPSA) is 61.6 Å². The predicted molar refractivity (Wildman–Crippen MR) is 84.0 cm³/mol. The van der Waals surface area contributed by atoms with Crippen molar-refractivity contribution in [3.63, 3.8) is 0 Å². The van der Waals surface area contributed by atoms with E-state index in [1.807, 2.05) is 12.1 Å². The monoisotopic (exact) mass is 304 g/mol. The Morgan fingerprint density at radius 1 is 1.41 bits per heavy atom. The molecule has 0 spiro atoms. The zero-order chi connectivity index (χ0) is 15.5. The summed E-state index contributed by atoms with van der Waals surface area (Å²) in [6.45, 7) is 5.00. The number of ether oxygens (including phenoxy) is 1. The molecule has 0 aromatic heterocycles. The SMILES string of the molecule is C[C@H](O)CNC(=O)c1ccc(OCC2CN2CC2CC2)cc1. The summed E-state index contributed by atoms with van der Waals surface area (Å²) in [6, 6.07) is 7.72. The first-order chi connectivity index (χ1) is 10.6. The van der Waals surface area contributed by atoms with Gasteiger partial charge in [0.2, 0.25) is 0 Å². The Morgan fingerprint density at radius 2 is 2.14 bits per heavy atom. The van der Waals surface area contributed by atoms with E-state index in [9.17, 15) is 4.79 Å². The molecule has 1 amide bonds. The molecule has 2 aliphatic rings. The van der Waals surface area contributed by atoms with E-state index >= 15 is 0 Å². The molecule has 3 atom stereocenters. The first kappa shape index (κ1) is 15.3. The molecule has 22 heavy (non-hydrogen) atoms. The van der Waals surface area contributed by atoms with Gasteiger partial charge in [-0.25, -0.2) is 0 Å². The van der Waals surface area contributed by atoms with Gasteiger partial charge in [0.1, 0.15) is 12.4 Å². The van der Waals surface area contributed by atoms with Crippen LogP contribution in [0, 0.1) is 5.92 Å². The molecule has 1 heterocycles. The number of carbonyl (C=O) groups excluding carboxylic acids is 1. The van der Waals surface area contributed by atoms with Crippen molar-refractivity contribution < 1.29 is 14.6 Å². The highest BCUT2D eigenvalue weighted by Gasteiger charge is 2.38. The molecule has 1 aromatic carbocycles. The zero-order valence-corrected chi connectivity index (χ0v) is 13.0. The van der Waals surface area contributed by atoms with Gasteiger partial charge in [-0.3, -0.25) is 9.69 Å². The second-order valence-electron chi connectivity index (χ2n) is 6.45. The number of hydrogen-bond donors (Lipinski definition) is 2. The summed E-state index contributed by atoms with van der Waals surface area (Å²) in [5.74, 6) is 1.56. The van der Waals surface area contributed by atoms with Crippen molar-refractivity contribution in [1.82, 2.24) is 10.2 Å². The zero-order valence-electron chi connectivity index (χ0n) is 13.0. The fourth-order valence-corrected chi connectivity index (χ4v) is 2.47. The Morgan fingerprint density at radius 3 is 2.77 bits per heavy atom. The molecule has 2 unspecified atom stereocenters. The van der Waals surface area contributed by atoms with Gasteiger partial charge >= 0.3 is 0 Å². The van der Waals surface area contributed by atoms with E-state index in [1.54, 1.807) is 19.1 Å². The maximum absolute atomic E-state index is 11.8. The van der Waals surface area contributed by atoms with Crippen LogP contribution in [0.4, 0.5) is 0 Å². The molecule has 5 heteroatoms. The van der Waals surface area contributed by atoms with Gasteiger partial charge < -0.3 is 15.2 Å². The molecule has 1 saturated carbocycles. The minimum atomic E-state index is -0.538. The fourth-order valence-electron chi connectivity index (χ4n) is 2.47. The summed E-state index contributed by atoms with van der Waals surface area (Å²) >= 11 is 0. The lowest BCUT2D eigenvalue weighted by Crippen LogP contribution is -2.30. The molecule has 120 valence electrons. The predicted octanol–water partition coefficient (Wildman–Crippen LogP) is 1.27. The average molecular weight is 304 g/mol. The highest BCUT2D eigenvalue weighted by molar-refractivity contribution is 5.94. The van der Waals surface area contributed by atoms with Gasteiger partial charge in [-0.15, -0.1) is 0 Å². The second-order valence-corrected chi connectivity index (χ2v) is 6.45. The molecular weight excluding hydrogens is 280 g/mol. The van der Waals surface area contributed by atoms with E-state index in [0.717, 1.165) is 24.8 Å². The quantitative estimate of drug-likeness (QED) is 0.710. The minimum absolute atomic E-state index is 0.176. The van der Waals surface area contributed by atoms with Gasteiger partial charge in [0.15, 0.2) is 0 Å². The number of amides is 1. The van der Waals surface area contributed by atoms with Crippen molar-refractivity contribution in [2.24, 2.45) is 5.92 Å². The van der Waals surface area contributed by atoms with Crippen LogP contribution in [-0.2, 0) is 0 Å². The first-order valence-corrected chi connectivity index (χ1v) is 8.05. The van der Waals surface area contributed by atoms with Crippen molar-refractivity contribution in [1.29, 1.82) is 0 Å². The molecule has 1 aromatic rings.